The molecule has 2 aromatic carbocycles. The van der Waals surface area contributed by atoms with Crippen LogP contribution in [0.3, 0.4) is 0 Å². The number of halogens is 3. The van der Waals surface area contributed by atoms with Crippen LogP contribution in [0, 0.1) is 17.5 Å². The summed E-state index contributed by atoms with van der Waals surface area (Å²) in [5.74, 6) is -5.39. The largest absolute Gasteiger partial charge is 0.322 e. The van der Waals surface area contributed by atoms with E-state index < -0.39 is 45.6 Å². The number of anilines is 1. The second-order valence-electron chi connectivity index (χ2n) is 5.82. The van der Waals surface area contributed by atoms with Crippen LogP contribution in [0.1, 0.15) is 25.3 Å². The van der Waals surface area contributed by atoms with Gasteiger partial charge in [0, 0.05) is 0 Å². The third-order valence-electron chi connectivity index (χ3n) is 3.59. The number of hydrogen-bond donors (Lipinski definition) is 2. The molecule has 0 atom stereocenters. The van der Waals surface area contributed by atoms with Gasteiger partial charge in [0.25, 0.3) is 0 Å². The zero-order chi connectivity index (χ0) is 19.5. The molecule has 5 nitrogen and oxygen atoms in total. The Morgan fingerprint density at radius 2 is 1.62 bits per heavy atom. The lowest BCUT2D eigenvalue weighted by Gasteiger charge is -2.10. The molecular weight excluding hydrogens is 369 g/mol. The van der Waals surface area contributed by atoms with Gasteiger partial charge in [-0.15, -0.1) is 0 Å². The number of nitrogens with one attached hydrogen (secondary N) is 2. The lowest BCUT2D eigenvalue weighted by atomic mass is 10.0. The zero-order valence-corrected chi connectivity index (χ0v) is 14.8. The maximum Gasteiger partial charge on any atom is 0.241 e. The number of carbonyl (C=O) groups is 1. The molecule has 26 heavy (non-hydrogen) atoms. The summed E-state index contributed by atoms with van der Waals surface area (Å²) in [6.45, 7) is 3.22. The molecule has 0 fully saturated rings. The first-order chi connectivity index (χ1) is 12.1. The average Bonchev–Trinajstić information content (AvgIpc) is 2.60. The second-order valence-corrected chi connectivity index (χ2v) is 7.59. The minimum absolute atomic E-state index is 0.0336. The van der Waals surface area contributed by atoms with E-state index in [-0.39, 0.29) is 10.8 Å². The normalized spacial score (nSPS) is 11.6. The van der Waals surface area contributed by atoms with E-state index in [0.29, 0.717) is 6.07 Å². The van der Waals surface area contributed by atoms with Crippen molar-refractivity contribution in [1.82, 2.24) is 4.72 Å². The summed E-state index contributed by atoms with van der Waals surface area (Å²) in [6.07, 6.45) is 0. The van der Waals surface area contributed by atoms with Crippen LogP contribution in [0.5, 0.6) is 0 Å². The Kier molecular flexibility index (Phi) is 6.04. The van der Waals surface area contributed by atoms with Gasteiger partial charge in [-0.25, -0.2) is 26.3 Å². The van der Waals surface area contributed by atoms with Crippen molar-refractivity contribution in [3.63, 3.8) is 0 Å². The fourth-order valence-electron chi connectivity index (χ4n) is 2.09. The van der Waals surface area contributed by atoms with E-state index in [0.717, 1.165) is 11.6 Å². The van der Waals surface area contributed by atoms with Crippen molar-refractivity contribution in [1.29, 1.82) is 0 Å². The monoisotopic (exact) mass is 386 g/mol. The van der Waals surface area contributed by atoms with Crippen molar-refractivity contribution in [2.75, 3.05) is 11.9 Å². The van der Waals surface area contributed by atoms with Gasteiger partial charge in [-0.05, 0) is 35.7 Å². The highest BCUT2D eigenvalue weighted by molar-refractivity contribution is 7.89. The van der Waals surface area contributed by atoms with Crippen LogP contribution in [0.4, 0.5) is 18.9 Å². The molecule has 1 amide bonds. The first-order valence-corrected chi connectivity index (χ1v) is 9.13. The van der Waals surface area contributed by atoms with Crippen LogP contribution < -0.4 is 10.0 Å². The Bertz CT molecular complexity index is 914. The van der Waals surface area contributed by atoms with Gasteiger partial charge in [0.1, 0.15) is 0 Å². The SMILES string of the molecule is CC(C)c1ccc(S(=O)(=O)NCC(=O)Nc2ccc(F)c(F)c2F)cc1. The molecule has 9 heteroatoms. The van der Waals surface area contributed by atoms with Gasteiger partial charge < -0.3 is 5.32 Å². The molecule has 2 aromatic rings. The molecule has 2 rings (SSSR count). The maximum absolute atomic E-state index is 13.5. The third-order valence-corrected chi connectivity index (χ3v) is 5.01. The number of rotatable bonds is 6. The molecule has 0 unspecified atom stereocenters. The molecule has 0 radical (unpaired) electrons. The molecule has 140 valence electrons. The van der Waals surface area contributed by atoms with Crippen LogP contribution in [-0.2, 0) is 14.8 Å². The van der Waals surface area contributed by atoms with Gasteiger partial charge in [-0.3, -0.25) is 4.79 Å². The Labute approximate surface area is 149 Å². The molecule has 0 aromatic heterocycles. The van der Waals surface area contributed by atoms with Crippen molar-refractivity contribution in [3.8, 4) is 0 Å². The van der Waals surface area contributed by atoms with Gasteiger partial charge in [-0.2, -0.15) is 0 Å². The first kappa shape index (κ1) is 19.9. The van der Waals surface area contributed by atoms with Gasteiger partial charge in [0.15, 0.2) is 17.5 Å². The Balaban J connectivity index is 2.03. The van der Waals surface area contributed by atoms with Gasteiger partial charge in [-0.1, -0.05) is 26.0 Å². The molecule has 0 saturated heterocycles. The molecule has 0 saturated carbocycles. The topological polar surface area (TPSA) is 75.3 Å². The Hall–Kier alpha value is -2.39. The fourth-order valence-corrected chi connectivity index (χ4v) is 3.07. The highest BCUT2D eigenvalue weighted by Crippen LogP contribution is 2.20. The van der Waals surface area contributed by atoms with Crippen LogP contribution in [0.15, 0.2) is 41.3 Å². The molecule has 0 spiro atoms. The van der Waals surface area contributed by atoms with E-state index in [2.05, 4.69) is 4.72 Å². The number of sulfonamides is 1. The number of benzene rings is 2. The molecule has 0 heterocycles. The van der Waals surface area contributed by atoms with E-state index in [1.54, 1.807) is 12.1 Å². The molecule has 0 aliphatic rings. The quantitative estimate of drug-likeness (QED) is 0.749. The van der Waals surface area contributed by atoms with Crippen molar-refractivity contribution in [2.24, 2.45) is 0 Å². The molecule has 2 N–H and O–H groups in total. The Morgan fingerprint density at radius 3 is 2.19 bits per heavy atom. The van der Waals surface area contributed by atoms with E-state index in [4.69, 9.17) is 0 Å². The van der Waals surface area contributed by atoms with Crippen molar-refractivity contribution >= 4 is 21.6 Å². The Morgan fingerprint density at radius 1 is 1.00 bits per heavy atom. The second kappa shape index (κ2) is 7.88. The molecule has 0 bridgehead atoms. The van der Waals surface area contributed by atoms with Gasteiger partial charge in [0.05, 0.1) is 17.1 Å². The lowest BCUT2D eigenvalue weighted by molar-refractivity contribution is -0.115. The smallest absolute Gasteiger partial charge is 0.241 e. The van der Waals surface area contributed by atoms with Gasteiger partial charge >= 0.3 is 0 Å². The number of amides is 1. The predicted molar refractivity (Wildman–Crippen MR) is 90.7 cm³/mol. The van der Waals surface area contributed by atoms with E-state index in [1.165, 1.54) is 12.1 Å². The van der Waals surface area contributed by atoms with Crippen molar-refractivity contribution < 1.29 is 26.4 Å². The van der Waals surface area contributed by atoms with E-state index in [9.17, 15) is 26.4 Å². The minimum Gasteiger partial charge on any atom is -0.322 e. The zero-order valence-electron chi connectivity index (χ0n) is 14.0. The summed E-state index contributed by atoms with van der Waals surface area (Å²) in [7, 11) is -3.95. The summed E-state index contributed by atoms with van der Waals surface area (Å²) in [4.78, 5) is 11.7. The summed E-state index contributed by atoms with van der Waals surface area (Å²) in [6, 6.07) is 7.63. The lowest BCUT2D eigenvalue weighted by Crippen LogP contribution is -2.33. The summed E-state index contributed by atoms with van der Waals surface area (Å²) in [5.41, 5.74) is 0.366. The summed E-state index contributed by atoms with van der Waals surface area (Å²) in [5, 5.41) is 1.98. The molecule has 0 aliphatic heterocycles. The summed E-state index contributed by atoms with van der Waals surface area (Å²) < 4.78 is 65.8. The summed E-state index contributed by atoms with van der Waals surface area (Å²) >= 11 is 0. The number of carbonyl (C=O) groups excluding carboxylic acids is 1. The standard InChI is InChI=1S/C17H17F3N2O3S/c1-10(2)11-3-5-12(6-4-11)26(24,25)21-9-15(23)22-14-8-7-13(18)16(19)17(14)20/h3-8,10,21H,9H2,1-2H3,(H,22,23). The van der Waals surface area contributed by atoms with Crippen molar-refractivity contribution in [2.45, 2.75) is 24.7 Å². The van der Waals surface area contributed by atoms with Crippen molar-refractivity contribution in [3.05, 3.63) is 59.4 Å². The maximum atomic E-state index is 13.5. The van der Waals surface area contributed by atoms with Crippen LogP contribution in [-0.4, -0.2) is 20.9 Å². The predicted octanol–water partition coefficient (Wildman–Crippen LogP) is 3.14. The molecular formula is C17H17F3N2O3S. The highest BCUT2D eigenvalue weighted by Gasteiger charge is 2.18. The molecule has 0 aliphatic carbocycles. The van der Waals surface area contributed by atoms with Crippen LogP contribution in [0.25, 0.3) is 0 Å². The van der Waals surface area contributed by atoms with E-state index in [1.807, 2.05) is 19.2 Å². The fraction of sp³-hybridized carbons (Fsp3) is 0.235. The first-order valence-electron chi connectivity index (χ1n) is 7.65. The van der Waals surface area contributed by atoms with Crippen LogP contribution in [0.2, 0.25) is 0 Å². The highest BCUT2D eigenvalue weighted by atomic mass is 32.2. The number of hydrogen-bond acceptors (Lipinski definition) is 3. The van der Waals surface area contributed by atoms with Crippen LogP contribution >= 0.6 is 0 Å². The third kappa shape index (κ3) is 4.61. The van der Waals surface area contributed by atoms with Gasteiger partial charge in [0.2, 0.25) is 15.9 Å². The average molecular weight is 386 g/mol. The minimum atomic E-state index is -3.95. The van der Waals surface area contributed by atoms with E-state index >= 15 is 0 Å².